The van der Waals surface area contributed by atoms with Crippen molar-refractivity contribution in [2.24, 2.45) is 0 Å². The third-order valence-electron chi connectivity index (χ3n) is 2.66. The minimum atomic E-state index is -4.13. The molecule has 0 unspecified atom stereocenters. The molecule has 0 aliphatic carbocycles. The van der Waals surface area contributed by atoms with E-state index in [2.05, 4.69) is 6.58 Å². The molecule has 5 nitrogen and oxygen atoms in total. The second-order valence-electron chi connectivity index (χ2n) is 4.49. The Labute approximate surface area is 128 Å². The molecule has 1 aromatic carbocycles. The van der Waals surface area contributed by atoms with Crippen molar-refractivity contribution in [2.45, 2.75) is 29.7 Å². The van der Waals surface area contributed by atoms with E-state index in [0.29, 0.717) is 6.07 Å². The summed E-state index contributed by atoms with van der Waals surface area (Å²) >= 11 is 0. The van der Waals surface area contributed by atoms with E-state index in [1.165, 1.54) is 6.08 Å². The van der Waals surface area contributed by atoms with Crippen LogP contribution >= 0.6 is 10.7 Å². The summed E-state index contributed by atoms with van der Waals surface area (Å²) < 4.78 is 62.1. The number of halogens is 2. The SMILES string of the molecule is C=CCN(C(C)C)S(=O)(=O)c1ccc(S(=O)(=O)Cl)cc1F. The molecule has 0 aliphatic rings. The summed E-state index contributed by atoms with van der Waals surface area (Å²) in [7, 11) is -3.14. The summed E-state index contributed by atoms with van der Waals surface area (Å²) in [6, 6.07) is 2.01. The molecule has 118 valence electrons. The standard InChI is InChI=1S/C12H15ClFNO4S2/c1-4-7-15(9(2)3)21(18,19)12-6-5-10(8-11(12)14)20(13,16)17/h4-6,8-9H,1,7H2,2-3H3. The maximum atomic E-state index is 14.0. The first-order valence-corrected chi connectivity index (χ1v) is 9.63. The summed E-state index contributed by atoms with van der Waals surface area (Å²) in [4.78, 5) is -1.11. The van der Waals surface area contributed by atoms with E-state index < -0.39 is 40.7 Å². The van der Waals surface area contributed by atoms with Gasteiger partial charge in [-0.15, -0.1) is 6.58 Å². The molecule has 0 spiro atoms. The number of sulfonamides is 1. The lowest BCUT2D eigenvalue weighted by Gasteiger charge is -2.24. The first kappa shape index (κ1) is 18.1. The van der Waals surface area contributed by atoms with Gasteiger partial charge in [0.2, 0.25) is 10.0 Å². The second-order valence-corrected chi connectivity index (χ2v) is 8.91. The number of hydrogen-bond acceptors (Lipinski definition) is 4. The topological polar surface area (TPSA) is 71.5 Å². The maximum Gasteiger partial charge on any atom is 0.261 e. The van der Waals surface area contributed by atoms with Crippen molar-refractivity contribution in [3.63, 3.8) is 0 Å². The van der Waals surface area contributed by atoms with Crippen LogP contribution in [-0.2, 0) is 19.1 Å². The zero-order valence-corrected chi connectivity index (χ0v) is 13.8. The molecule has 0 aliphatic heterocycles. The first-order valence-electron chi connectivity index (χ1n) is 5.88. The van der Waals surface area contributed by atoms with E-state index in [-0.39, 0.29) is 6.54 Å². The highest BCUT2D eigenvalue weighted by Gasteiger charge is 2.29. The molecule has 0 fully saturated rings. The highest BCUT2D eigenvalue weighted by Crippen LogP contribution is 2.25. The number of hydrogen-bond donors (Lipinski definition) is 0. The third-order valence-corrected chi connectivity index (χ3v) is 6.08. The second kappa shape index (κ2) is 6.43. The van der Waals surface area contributed by atoms with Gasteiger partial charge in [-0.3, -0.25) is 0 Å². The summed E-state index contributed by atoms with van der Waals surface area (Å²) in [5.41, 5.74) is 0. The number of rotatable bonds is 6. The summed E-state index contributed by atoms with van der Waals surface area (Å²) in [5.74, 6) is -1.17. The third kappa shape index (κ3) is 4.03. The molecular formula is C12H15ClFNO4S2. The molecule has 0 heterocycles. The number of nitrogens with zero attached hydrogens (tertiary/aromatic N) is 1. The molecule has 0 N–H and O–H groups in total. The van der Waals surface area contributed by atoms with Crippen LogP contribution in [0.2, 0.25) is 0 Å². The smallest absolute Gasteiger partial charge is 0.207 e. The van der Waals surface area contributed by atoms with E-state index in [1.807, 2.05) is 0 Å². The van der Waals surface area contributed by atoms with Gasteiger partial charge < -0.3 is 0 Å². The average Bonchev–Trinajstić information content (AvgIpc) is 2.33. The van der Waals surface area contributed by atoms with Crippen molar-refractivity contribution in [2.75, 3.05) is 6.54 Å². The van der Waals surface area contributed by atoms with Crippen LogP contribution in [0.5, 0.6) is 0 Å². The molecule has 0 saturated heterocycles. The Morgan fingerprint density at radius 1 is 1.33 bits per heavy atom. The lowest BCUT2D eigenvalue weighted by atomic mass is 10.3. The van der Waals surface area contributed by atoms with Crippen LogP contribution in [0, 0.1) is 5.82 Å². The average molecular weight is 356 g/mol. The van der Waals surface area contributed by atoms with E-state index in [1.54, 1.807) is 13.8 Å². The molecule has 0 saturated carbocycles. The zero-order chi connectivity index (χ0) is 16.4. The minimum absolute atomic E-state index is 0.00892. The van der Waals surface area contributed by atoms with E-state index in [0.717, 1.165) is 16.4 Å². The van der Waals surface area contributed by atoms with Crippen molar-refractivity contribution in [1.29, 1.82) is 0 Å². The number of benzene rings is 1. The van der Waals surface area contributed by atoms with Crippen molar-refractivity contribution in [3.8, 4) is 0 Å². The van der Waals surface area contributed by atoms with Gasteiger partial charge in [0.15, 0.2) is 0 Å². The molecule has 9 heteroatoms. The monoisotopic (exact) mass is 355 g/mol. The molecule has 0 atom stereocenters. The van der Waals surface area contributed by atoms with Gasteiger partial charge in [-0.2, -0.15) is 4.31 Å². The highest BCUT2D eigenvalue weighted by molar-refractivity contribution is 8.13. The molecule has 1 rings (SSSR count). The van der Waals surface area contributed by atoms with E-state index in [4.69, 9.17) is 10.7 Å². The fourth-order valence-electron chi connectivity index (χ4n) is 1.68. The molecule has 0 aromatic heterocycles. The van der Waals surface area contributed by atoms with E-state index >= 15 is 0 Å². The van der Waals surface area contributed by atoms with Crippen molar-refractivity contribution in [1.82, 2.24) is 4.31 Å². The van der Waals surface area contributed by atoms with Crippen LogP contribution in [0.25, 0.3) is 0 Å². The summed E-state index contributed by atoms with van der Waals surface area (Å²) in [6.07, 6.45) is 1.38. The predicted molar refractivity (Wildman–Crippen MR) is 78.7 cm³/mol. The van der Waals surface area contributed by atoms with Crippen LogP contribution < -0.4 is 0 Å². The van der Waals surface area contributed by atoms with Gasteiger partial charge in [-0.1, -0.05) is 6.08 Å². The van der Waals surface area contributed by atoms with Gasteiger partial charge in [0.05, 0.1) is 4.90 Å². The van der Waals surface area contributed by atoms with Gasteiger partial charge in [0.1, 0.15) is 10.7 Å². The Balaban J connectivity index is 3.42. The van der Waals surface area contributed by atoms with E-state index in [9.17, 15) is 21.2 Å². The van der Waals surface area contributed by atoms with Crippen molar-refractivity contribution in [3.05, 3.63) is 36.7 Å². The van der Waals surface area contributed by atoms with Crippen LogP contribution in [0.15, 0.2) is 40.6 Å². The van der Waals surface area contributed by atoms with Gasteiger partial charge in [0.25, 0.3) is 9.05 Å². The Kier molecular flexibility index (Phi) is 5.54. The van der Waals surface area contributed by atoms with Crippen molar-refractivity contribution >= 4 is 29.8 Å². The zero-order valence-electron chi connectivity index (χ0n) is 11.5. The molecule has 0 bridgehead atoms. The van der Waals surface area contributed by atoms with Gasteiger partial charge in [-0.05, 0) is 32.0 Å². The summed E-state index contributed by atoms with van der Waals surface area (Å²) in [5, 5.41) is 0. The Morgan fingerprint density at radius 2 is 1.90 bits per heavy atom. The normalized spacial score (nSPS) is 12.9. The van der Waals surface area contributed by atoms with Gasteiger partial charge in [0, 0.05) is 23.3 Å². The van der Waals surface area contributed by atoms with Crippen LogP contribution in [-0.4, -0.2) is 33.7 Å². The van der Waals surface area contributed by atoms with Crippen molar-refractivity contribution < 1.29 is 21.2 Å². The van der Waals surface area contributed by atoms with Crippen LogP contribution in [0.4, 0.5) is 4.39 Å². The Morgan fingerprint density at radius 3 is 2.29 bits per heavy atom. The van der Waals surface area contributed by atoms with Crippen LogP contribution in [0.1, 0.15) is 13.8 Å². The fourth-order valence-corrected chi connectivity index (χ4v) is 4.10. The quantitative estimate of drug-likeness (QED) is 0.580. The van der Waals surface area contributed by atoms with Crippen LogP contribution in [0.3, 0.4) is 0 Å². The van der Waals surface area contributed by atoms with Gasteiger partial charge in [-0.25, -0.2) is 21.2 Å². The predicted octanol–water partition coefficient (Wildman–Crippen LogP) is 2.34. The summed E-state index contributed by atoms with van der Waals surface area (Å²) in [6.45, 7) is 6.74. The fraction of sp³-hybridized carbons (Fsp3) is 0.333. The Bertz CT molecular complexity index is 745. The van der Waals surface area contributed by atoms with Gasteiger partial charge >= 0.3 is 0 Å². The molecule has 1 aromatic rings. The molecular weight excluding hydrogens is 341 g/mol. The lowest BCUT2D eigenvalue weighted by Crippen LogP contribution is -2.37. The molecule has 0 radical (unpaired) electrons. The molecule has 21 heavy (non-hydrogen) atoms. The largest absolute Gasteiger partial charge is 0.261 e. The Hall–Kier alpha value is -0.960. The lowest BCUT2D eigenvalue weighted by molar-refractivity contribution is 0.380. The highest BCUT2D eigenvalue weighted by atomic mass is 35.7. The maximum absolute atomic E-state index is 14.0. The first-order chi connectivity index (χ1) is 9.51. The minimum Gasteiger partial charge on any atom is -0.207 e. The molecule has 0 amide bonds.